The van der Waals surface area contributed by atoms with E-state index < -0.39 is 5.82 Å². The average Bonchev–Trinajstić information content (AvgIpc) is 2.86. The Hall–Kier alpha value is -3.65. The minimum absolute atomic E-state index is 0.000680. The summed E-state index contributed by atoms with van der Waals surface area (Å²) < 4.78 is 24.4. The Labute approximate surface area is 200 Å². The highest BCUT2D eigenvalue weighted by Gasteiger charge is 2.31. The summed E-state index contributed by atoms with van der Waals surface area (Å²) in [6.07, 6.45) is 2.28. The summed E-state index contributed by atoms with van der Waals surface area (Å²) >= 11 is 5.90. The maximum atomic E-state index is 13.5. The van der Waals surface area contributed by atoms with Crippen LogP contribution in [0, 0.1) is 5.82 Å². The topological polar surface area (TPSA) is 72.0 Å². The number of amides is 2. The van der Waals surface area contributed by atoms with Gasteiger partial charge in [0.2, 0.25) is 5.91 Å². The van der Waals surface area contributed by atoms with Crippen molar-refractivity contribution in [2.75, 3.05) is 31.7 Å². The number of carbonyl (C=O) groups excluding carboxylic acids is 2. The molecule has 2 aliphatic rings. The van der Waals surface area contributed by atoms with Crippen molar-refractivity contribution in [2.24, 2.45) is 0 Å². The third-order valence-electron chi connectivity index (χ3n) is 6.07. The summed E-state index contributed by atoms with van der Waals surface area (Å²) in [5.41, 5.74) is 3.54. The van der Waals surface area contributed by atoms with Gasteiger partial charge < -0.3 is 14.4 Å². The Morgan fingerprint density at radius 2 is 2.03 bits per heavy atom. The lowest BCUT2D eigenvalue weighted by Gasteiger charge is -2.33. The Bertz CT molecular complexity index is 1300. The largest absolute Gasteiger partial charge is 0.497 e. The first-order valence-electron chi connectivity index (χ1n) is 10.7. The molecule has 0 atom stereocenters. The Kier molecular flexibility index (Phi) is 5.83. The molecule has 2 amide bonds. The van der Waals surface area contributed by atoms with Gasteiger partial charge in [0.25, 0.3) is 5.91 Å². The molecule has 1 aromatic heterocycles. The molecule has 2 aliphatic heterocycles. The monoisotopic (exact) mass is 481 g/mol. The minimum atomic E-state index is -0.512. The summed E-state index contributed by atoms with van der Waals surface area (Å²) in [5.74, 6) is 0.366. The number of fused-ring (bicyclic) bond motifs is 2. The second kappa shape index (κ2) is 8.95. The quantitative estimate of drug-likeness (QED) is 0.566. The number of halogens is 2. The number of benzene rings is 2. The molecule has 0 aliphatic carbocycles. The zero-order valence-electron chi connectivity index (χ0n) is 18.4. The van der Waals surface area contributed by atoms with Crippen molar-refractivity contribution >= 4 is 29.2 Å². The number of pyridine rings is 1. The van der Waals surface area contributed by atoms with Gasteiger partial charge in [0.1, 0.15) is 18.1 Å². The van der Waals surface area contributed by atoms with Gasteiger partial charge in [-0.15, -0.1) is 0 Å². The van der Waals surface area contributed by atoms with Crippen molar-refractivity contribution in [1.29, 1.82) is 0 Å². The molecule has 0 radical (unpaired) electrons. The number of carbonyl (C=O) groups is 2. The van der Waals surface area contributed by atoms with Crippen LogP contribution in [-0.2, 0) is 22.6 Å². The summed E-state index contributed by atoms with van der Waals surface area (Å²) in [6.45, 7) is 0.689. The molecular weight excluding hydrogens is 461 g/mol. The number of hydrogen-bond acceptors (Lipinski definition) is 5. The molecule has 0 fully saturated rings. The van der Waals surface area contributed by atoms with Crippen molar-refractivity contribution < 1.29 is 23.5 Å². The highest BCUT2D eigenvalue weighted by atomic mass is 35.5. The van der Waals surface area contributed by atoms with Gasteiger partial charge in [-0.25, -0.2) is 9.37 Å². The fourth-order valence-electron chi connectivity index (χ4n) is 4.19. The number of rotatable bonds is 4. The van der Waals surface area contributed by atoms with Gasteiger partial charge in [-0.1, -0.05) is 23.7 Å². The summed E-state index contributed by atoms with van der Waals surface area (Å²) in [4.78, 5) is 33.2. The first-order chi connectivity index (χ1) is 16.4. The van der Waals surface area contributed by atoms with Gasteiger partial charge in [-0.3, -0.25) is 14.5 Å². The fourth-order valence-corrected chi connectivity index (χ4v) is 4.37. The Balaban J connectivity index is 1.36. The highest BCUT2D eigenvalue weighted by molar-refractivity contribution is 6.31. The lowest BCUT2D eigenvalue weighted by atomic mass is 9.99. The summed E-state index contributed by atoms with van der Waals surface area (Å²) in [5, 5.41) is -0.000680. The van der Waals surface area contributed by atoms with Crippen LogP contribution in [0.3, 0.4) is 0 Å². The van der Waals surface area contributed by atoms with Gasteiger partial charge in [-0.05, 0) is 53.4 Å². The average molecular weight is 482 g/mol. The van der Waals surface area contributed by atoms with Crippen molar-refractivity contribution in [2.45, 2.75) is 13.0 Å². The number of anilines is 1. The van der Waals surface area contributed by atoms with Crippen LogP contribution in [0.25, 0.3) is 11.1 Å². The van der Waals surface area contributed by atoms with E-state index in [1.807, 2.05) is 18.2 Å². The molecule has 0 spiro atoms. The van der Waals surface area contributed by atoms with E-state index in [1.54, 1.807) is 30.3 Å². The van der Waals surface area contributed by atoms with Crippen LogP contribution in [0.4, 0.5) is 10.2 Å². The van der Waals surface area contributed by atoms with E-state index in [1.165, 1.54) is 22.6 Å². The predicted molar refractivity (Wildman–Crippen MR) is 125 cm³/mol. The van der Waals surface area contributed by atoms with Crippen molar-refractivity contribution in [3.63, 3.8) is 0 Å². The number of methoxy groups -OCH3 is 1. The van der Waals surface area contributed by atoms with Crippen LogP contribution in [0.2, 0.25) is 5.02 Å². The Morgan fingerprint density at radius 3 is 2.82 bits per heavy atom. The van der Waals surface area contributed by atoms with Gasteiger partial charge in [0.15, 0.2) is 18.2 Å². The van der Waals surface area contributed by atoms with Gasteiger partial charge >= 0.3 is 0 Å². The summed E-state index contributed by atoms with van der Waals surface area (Å²) in [7, 11) is 1.61. The van der Waals surface area contributed by atoms with Gasteiger partial charge in [-0.2, -0.15) is 0 Å². The molecule has 7 nitrogen and oxygen atoms in total. The molecular formula is C25H21ClFN3O4. The van der Waals surface area contributed by atoms with Crippen LogP contribution >= 0.6 is 11.6 Å². The van der Waals surface area contributed by atoms with Gasteiger partial charge in [0.05, 0.1) is 12.1 Å². The van der Waals surface area contributed by atoms with Crippen molar-refractivity contribution in [3.8, 4) is 22.6 Å². The molecule has 174 valence electrons. The van der Waals surface area contributed by atoms with E-state index in [2.05, 4.69) is 4.98 Å². The molecule has 34 heavy (non-hydrogen) atoms. The maximum Gasteiger partial charge on any atom is 0.266 e. The standard InChI is InChI=1S/C25H21ClFN3O4/c1-33-19-4-2-15-6-7-29(12-18(15)8-19)23(31)13-30-24(32)14-34-22-10-17(11-28-25(22)30)16-3-5-21(27)20(26)9-16/h2-5,8-11H,6-7,12-14H2,1H3. The molecule has 2 aromatic carbocycles. The third-order valence-corrected chi connectivity index (χ3v) is 6.36. The number of aromatic nitrogens is 1. The van der Waals surface area contributed by atoms with Crippen LogP contribution < -0.4 is 14.4 Å². The van der Waals surface area contributed by atoms with E-state index in [-0.39, 0.29) is 35.8 Å². The molecule has 5 rings (SSSR count). The first-order valence-corrected chi connectivity index (χ1v) is 11.1. The lowest BCUT2D eigenvalue weighted by Crippen LogP contribution is -2.47. The van der Waals surface area contributed by atoms with Crippen LogP contribution in [-0.4, -0.2) is 48.5 Å². The zero-order valence-corrected chi connectivity index (χ0v) is 19.1. The molecule has 3 heterocycles. The van der Waals surface area contributed by atoms with E-state index in [0.29, 0.717) is 30.0 Å². The minimum Gasteiger partial charge on any atom is -0.497 e. The molecule has 9 heteroatoms. The second-order valence-corrected chi connectivity index (χ2v) is 8.55. The van der Waals surface area contributed by atoms with E-state index in [0.717, 1.165) is 17.7 Å². The molecule has 0 unspecified atom stereocenters. The molecule has 3 aromatic rings. The van der Waals surface area contributed by atoms with E-state index in [9.17, 15) is 14.0 Å². The van der Waals surface area contributed by atoms with Crippen LogP contribution in [0.15, 0.2) is 48.7 Å². The fraction of sp³-hybridized carbons (Fsp3) is 0.240. The molecule has 0 N–H and O–H groups in total. The highest BCUT2D eigenvalue weighted by Crippen LogP contribution is 2.35. The normalized spacial score (nSPS) is 14.9. The third kappa shape index (κ3) is 4.17. The van der Waals surface area contributed by atoms with Crippen molar-refractivity contribution in [3.05, 3.63) is 70.6 Å². The number of ether oxygens (including phenoxy) is 2. The molecule has 0 saturated heterocycles. The van der Waals surface area contributed by atoms with E-state index in [4.69, 9.17) is 21.1 Å². The lowest BCUT2D eigenvalue weighted by molar-refractivity contribution is -0.132. The number of nitrogens with zero attached hydrogens (tertiary/aromatic N) is 3. The van der Waals surface area contributed by atoms with Gasteiger partial charge in [0, 0.05) is 24.8 Å². The van der Waals surface area contributed by atoms with Crippen molar-refractivity contribution in [1.82, 2.24) is 9.88 Å². The van der Waals surface area contributed by atoms with E-state index >= 15 is 0 Å². The molecule has 0 bridgehead atoms. The zero-order chi connectivity index (χ0) is 23.8. The number of hydrogen-bond donors (Lipinski definition) is 0. The van der Waals surface area contributed by atoms with Crippen LogP contribution in [0.5, 0.6) is 11.5 Å². The second-order valence-electron chi connectivity index (χ2n) is 8.14. The first kappa shape index (κ1) is 22.2. The van der Waals surface area contributed by atoms with Crippen LogP contribution in [0.1, 0.15) is 11.1 Å². The Morgan fingerprint density at radius 1 is 1.18 bits per heavy atom. The smallest absolute Gasteiger partial charge is 0.266 e. The maximum absolute atomic E-state index is 13.5. The SMILES string of the molecule is COc1ccc2c(c1)CN(C(=O)CN1C(=O)COc3cc(-c4ccc(F)c(Cl)c4)cnc31)CC2. The molecule has 0 saturated carbocycles. The summed E-state index contributed by atoms with van der Waals surface area (Å²) in [6, 6.07) is 11.9. The predicted octanol–water partition coefficient (Wildman–Crippen LogP) is 3.86.